The van der Waals surface area contributed by atoms with E-state index in [1.165, 1.54) is 0 Å². The van der Waals surface area contributed by atoms with E-state index in [0.29, 0.717) is 6.42 Å². The molecule has 0 bridgehead atoms. The summed E-state index contributed by atoms with van der Waals surface area (Å²) in [5.41, 5.74) is 0.690. The van der Waals surface area contributed by atoms with Crippen molar-refractivity contribution in [2.75, 3.05) is 27.2 Å². The molecule has 0 heterocycles. The molecule has 0 rings (SSSR count). The fourth-order valence-electron chi connectivity index (χ4n) is 0.994. The maximum atomic E-state index is 11.7. The highest BCUT2D eigenvalue weighted by atomic mass is 16.1. The summed E-state index contributed by atoms with van der Waals surface area (Å²) in [6, 6.07) is 0. The summed E-state index contributed by atoms with van der Waals surface area (Å²) in [5.74, 6) is 0.258. The fraction of sp³-hybridized carbons (Fsp3) is 0.833. The zero-order chi connectivity index (χ0) is 12.1. The number of aliphatic imine (C=N–C) groups is 1. The van der Waals surface area contributed by atoms with Gasteiger partial charge in [0.05, 0.1) is 6.54 Å². The SMILES string of the molecule is C/C(CC(=O)C(C)(C)C)=N\CCN(C)C. The van der Waals surface area contributed by atoms with Gasteiger partial charge in [0.1, 0.15) is 5.78 Å². The van der Waals surface area contributed by atoms with E-state index in [0.717, 1.165) is 18.8 Å². The first-order valence-electron chi connectivity index (χ1n) is 5.41. The molecule has 3 nitrogen and oxygen atoms in total. The van der Waals surface area contributed by atoms with E-state index in [4.69, 9.17) is 0 Å². The third-order valence-electron chi connectivity index (χ3n) is 2.18. The average Bonchev–Trinajstić information content (AvgIpc) is 2.01. The number of hydrogen-bond acceptors (Lipinski definition) is 3. The lowest BCUT2D eigenvalue weighted by atomic mass is 9.88. The highest BCUT2D eigenvalue weighted by Crippen LogP contribution is 2.16. The summed E-state index contributed by atoms with van der Waals surface area (Å²) in [6.45, 7) is 9.48. The van der Waals surface area contributed by atoms with Crippen LogP contribution in [0.1, 0.15) is 34.1 Å². The number of likely N-dealkylation sites (N-methyl/N-ethyl adjacent to an activating group) is 1. The third-order valence-corrected chi connectivity index (χ3v) is 2.18. The van der Waals surface area contributed by atoms with Crippen molar-refractivity contribution < 1.29 is 4.79 Å². The predicted molar refractivity (Wildman–Crippen MR) is 65.6 cm³/mol. The molecule has 0 fully saturated rings. The van der Waals surface area contributed by atoms with Gasteiger partial charge >= 0.3 is 0 Å². The molecule has 0 aromatic heterocycles. The summed E-state index contributed by atoms with van der Waals surface area (Å²) in [7, 11) is 4.04. The molecule has 3 heteroatoms. The van der Waals surface area contributed by atoms with Gasteiger partial charge in [-0.1, -0.05) is 20.8 Å². The number of nitrogens with zero attached hydrogens (tertiary/aromatic N) is 2. The Morgan fingerprint density at radius 1 is 1.27 bits per heavy atom. The number of carbonyl (C=O) groups is 1. The predicted octanol–water partition coefficient (Wildman–Crippen LogP) is 2.01. The van der Waals surface area contributed by atoms with E-state index < -0.39 is 0 Å². The van der Waals surface area contributed by atoms with E-state index in [1.54, 1.807) is 0 Å². The second kappa shape index (κ2) is 6.01. The summed E-state index contributed by atoms with van der Waals surface area (Å²) in [6.07, 6.45) is 0.483. The fourth-order valence-corrected chi connectivity index (χ4v) is 0.994. The Balaban J connectivity index is 4.02. The van der Waals surface area contributed by atoms with Crippen LogP contribution in [0.5, 0.6) is 0 Å². The van der Waals surface area contributed by atoms with E-state index in [2.05, 4.69) is 9.89 Å². The minimum absolute atomic E-state index is 0.252. The molecule has 0 amide bonds. The van der Waals surface area contributed by atoms with Gasteiger partial charge in [-0.05, 0) is 21.0 Å². The van der Waals surface area contributed by atoms with Gasteiger partial charge in [0, 0.05) is 24.1 Å². The van der Waals surface area contributed by atoms with Crippen LogP contribution < -0.4 is 0 Å². The van der Waals surface area contributed by atoms with Crippen LogP contribution in [0.25, 0.3) is 0 Å². The Bertz CT molecular complexity index is 236. The second-order valence-corrected chi connectivity index (χ2v) is 5.27. The van der Waals surface area contributed by atoms with Gasteiger partial charge in [0.15, 0.2) is 0 Å². The van der Waals surface area contributed by atoms with Crippen molar-refractivity contribution in [2.24, 2.45) is 10.4 Å². The molecular weight excluding hydrogens is 188 g/mol. The van der Waals surface area contributed by atoms with Crippen LogP contribution >= 0.6 is 0 Å². The monoisotopic (exact) mass is 212 g/mol. The first-order chi connectivity index (χ1) is 6.73. The highest BCUT2D eigenvalue weighted by Gasteiger charge is 2.21. The van der Waals surface area contributed by atoms with E-state index in [9.17, 15) is 4.79 Å². The lowest BCUT2D eigenvalue weighted by Gasteiger charge is -2.16. The molecule has 0 aliphatic carbocycles. The van der Waals surface area contributed by atoms with Crippen molar-refractivity contribution in [1.29, 1.82) is 0 Å². The molecule has 15 heavy (non-hydrogen) atoms. The first-order valence-corrected chi connectivity index (χ1v) is 5.41. The number of Topliss-reactive ketones (excluding diaryl/α,β-unsaturated/α-hetero) is 1. The lowest BCUT2D eigenvalue weighted by molar-refractivity contribution is -0.125. The molecule has 0 atom stereocenters. The van der Waals surface area contributed by atoms with Crippen molar-refractivity contribution in [3.8, 4) is 0 Å². The molecule has 0 radical (unpaired) electrons. The molecule has 0 saturated carbocycles. The Morgan fingerprint density at radius 2 is 1.80 bits per heavy atom. The van der Waals surface area contributed by atoms with E-state index >= 15 is 0 Å². The van der Waals surface area contributed by atoms with Gasteiger partial charge in [-0.15, -0.1) is 0 Å². The third kappa shape index (κ3) is 7.25. The quantitative estimate of drug-likeness (QED) is 0.653. The maximum absolute atomic E-state index is 11.7. The van der Waals surface area contributed by atoms with Crippen LogP contribution in [-0.2, 0) is 4.79 Å². The van der Waals surface area contributed by atoms with Gasteiger partial charge < -0.3 is 4.90 Å². The van der Waals surface area contributed by atoms with Gasteiger partial charge in [-0.3, -0.25) is 9.79 Å². The van der Waals surface area contributed by atoms with Gasteiger partial charge in [-0.2, -0.15) is 0 Å². The number of ketones is 1. The summed E-state index contributed by atoms with van der Waals surface area (Å²) in [5, 5.41) is 0. The first kappa shape index (κ1) is 14.3. The Labute approximate surface area is 93.6 Å². The van der Waals surface area contributed by atoms with E-state index in [-0.39, 0.29) is 11.2 Å². The van der Waals surface area contributed by atoms with Crippen molar-refractivity contribution in [2.45, 2.75) is 34.1 Å². The van der Waals surface area contributed by atoms with Crippen molar-refractivity contribution >= 4 is 11.5 Å². The van der Waals surface area contributed by atoms with Crippen LogP contribution in [0.2, 0.25) is 0 Å². The van der Waals surface area contributed by atoms with Crippen LogP contribution in [0.4, 0.5) is 0 Å². The lowest BCUT2D eigenvalue weighted by Crippen LogP contribution is -2.22. The number of hydrogen-bond donors (Lipinski definition) is 0. The molecule has 0 N–H and O–H groups in total. The van der Waals surface area contributed by atoms with E-state index in [1.807, 2.05) is 41.8 Å². The van der Waals surface area contributed by atoms with Crippen LogP contribution in [0.3, 0.4) is 0 Å². The normalized spacial score (nSPS) is 13.4. The molecule has 0 spiro atoms. The molecule has 0 aromatic rings. The minimum Gasteiger partial charge on any atom is -0.308 e. The second-order valence-electron chi connectivity index (χ2n) is 5.27. The van der Waals surface area contributed by atoms with Crippen molar-refractivity contribution in [3.05, 3.63) is 0 Å². The van der Waals surface area contributed by atoms with Gasteiger partial charge in [0.25, 0.3) is 0 Å². The van der Waals surface area contributed by atoms with Crippen molar-refractivity contribution in [3.63, 3.8) is 0 Å². The molecule has 0 aliphatic heterocycles. The van der Waals surface area contributed by atoms with Gasteiger partial charge in [0.2, 0.25) is 0 Å². The standard InChI is InChI=1S/C12H24N2O/c1-10(13-7-8-14(5)6)9-11(15)12(2,3)4/h7-9H2,1-6H3/b13-10+. The zero-order valence-electron chi connectivity index (χ0n) is 10.9. The molecule has 88 valence electrons. The summed E-state index contributed by atoms with van der Waals surface area (Å²) < 4.78 is 0. The van der Waals surface area contributed by atoms with Crippen LogP contribution in [-0.4, -0.2) is 43.6 Å². The van der Waals surface area contributed by atoms with Crippen LogP contribution in [0.15, 0.2) is 4.99 Å². The molecular formula is C12H24N2O. The average molecular weight is 212 g/mol. The largest absolute Gasteiger partial charge is 0.308 e. The van der Waals surface area contributed by atoms with Crippen molar-refractivity contribution in [1.82, 2.24) is 4.90 Å². The minimum atomic E-state index is -0.252. The molecule has 0 unspecified atom stereocenters. The Morgan fingerprint density at radius 3 is 2.20 bits per heavy atom. The highest BCUT2D eigenvalue weighted by molar-refractivity contribution is 6.02. The topological polar surface area (TPSA) is 32.7 Å². The Hall–Kier alpha value is -0.700. The smallest absolute Gasteiger partial charge is 0.143 e. The molecule has 0 aliphatic rings. The molecule has 0 saturated heterocycles. The molecule has 0 aromatic carbocycles. The Kier molecular flexibility index (Phi) is 5.73. The number of rotatable bonds is 5. The zero-order valence-corrected chi connectivity index (χ0v) is 10.9. The summed E-state index contributed by atoms with van der Waals surface area (Å²) in [4.78, 5) is 18.1. The van der Waals surface area contributed by atoms with Gasteiger partial charge in [-0.25, -0.2) is 0 Å². The number of carbonyl (C=O) groups excluding carboxylic acids is 1. The summed E-state index contributed by atoms with van der Waals surface area (Å²) >= 11 is 0. The van der Waals surface area contributed by atoms with Crippen LogP contribution in [0, 0.1) is 5.41 Å². The maximum Gasteiger partial charge on any atom is 0.143 e.